The number of hydrogen-bond donors (Lipinski definition) is 3. The van der Waals surface area contributed by atoms with Crippen LogP contribution in [0.2, 0.25) is 0 Å². The Bertz CT molecular complexity index is 222. The molecule has 140 valence electrons. The summed E-state index contributed by atoms with van der Waals surface area (Å²) in [6.07, 6.45) is 17.4. The summed E-state index contributed by atoms with van der Waals surface area (Å²) in [6.45, 7) is 6.66. The first-order chi connectivity index (χ1) is 11.2. The maximum atomic E-state index is 9.27. The Morgan fingerprint density at radius 2 is 1.39 bits per heavy atom. The third-order valence-electron chi connectivity index (χ3n) is 4.70. The van der Waals surface area contributed by atoms with Gasteiger partial charge in [0, 0.05) is 6.54 Å². The molecule has 0 bridgehead atoms. The van der Waals surface area contributed by atoms with Crippen molar-refractivity contribution in [3.63, 3.8) is 0 Å². The summed E-state index contributed by atoms with van der Waals surface area (Å²) in [5.74, 6) is 0.810. The van der Waals surface area contributed by atoms with Gasteiger partial charge in [-0.25, -0.2) is 0 Å². The van der Waals surface area contributed by atoms with E-state index in [4.69, 9.17) is 5.73 Å². The number of unbranched alkanes of at least 4 members (excludes halogenated alkanes) is 8. The second kappa shape index (κ2) is 18.2. The van der Waals surface area contributed by atoms with Crippen LogP contribution in [0.1, 0.15) is 97.3 Å². The first kappa shape index (κ1) is 22.9. The second-order valence-corrected chi connectivity index (χ2v) is 7.26. The molecule has 0 aromatic heterocycles. The van der Waals surface area contributed by atoms with Crippen LogP contribution in [-0.4, -0.2) is 30.8 Å². The van der Waals surface area contributed by atoms with Crippen LogP contribution < -0.4 is 11.1 Å². The molecule has 2 unspecified atom stereocenters. The molecule has 2 atom stereocenters. The summed E-state index contributed by atoms with van der Waals surface area (Å²) in [6, 6.07) is 0. The highest BCUT2D eigenvalue weighted by Gasteiger charge is 2.08. The van der Waals surface area contributed by atoms with Crippen LogP contribution in [0.15, 0.2) is 0 Å². The van der Waals surface area contributed by atoms with E-state index >= 15 is 0 Å². The molecule has 0 saturated carbocycles. The average molecular weight is 329 g/mol. The highest BCUT2D eigenvalue weighted by Crippen LogP contribution is 2.19. The molecule has 0 aliphatic heterocycles. The average Bonchev–Trinajstić information content (AvgIpc) is 2.53. The molecule has 0 heterocycles. The highest BCUT2D eigenvalue weighted by molar-refractivity contribution is 4.64. The van der Waals surface area contributed by atoms with Crippen LogP contribution in [0.5, 0.6) is 0 Å². The monoisotopic (exact) mass is 328 g/mol. The van der Waals surface area contributed by atoms with E-state index in [0.717, 1.165) is 25.4 Å². The summed E-state index contributed by atoms with van der Waals surface area (Å²) in [4.78, 5) is 0. The molecular weight excluding hydrogens is 284 g/mol. The number of nitrogens with one attached hydrogen (secondary N) is 1. The minimum Gasteiger partial charge on any atom is -0.392 e. The van der Waals surface area contributed by atoms with E-state index < -0.39 is 0 Å². The molecule has 3 nitrogen and oxygen atoms in total. The lowest BCUT2D eigenvalue weighted by atomic mass is 9.92. The van der Waals surface area contributed by atoms with E-state index in [9.17, 15) is 5.11 Å². The molecule has 23 heavy (non-hydrogen) atoms. The number of aliphatic hydroxyl groups excluding tert-OH is 1. The highest BCUT2D eigenvalue weighted by atomic mass is 16.3. The first-order valence-corrected chi connectivity index (χ1v) is 10.3. The molecular formula is C20H44N2O. The Morgan fingerprint density at radius 1 is 0.826 bits per heavy atom. The predicted octanol–water partition coefficient (Wildman–Crippen LogP) is 4.62. The van der Waals surface area contributed by atoms with Crippen molar-refractivity contribution < 1.29 is 5.11 Å². The van der Waals surface area contributed by atoms with E-state index in [1.807, 2.05) is 6.92 Å². The molecule has 0 spiro atoms. The normalized spacial score (nSPS) is 14.1. The molecule has 3 heteroatoms. The van der Waals surface area contributed by atoms with Gasteiger partial charge in [0.1, 0.15) is 0 Å². The maximum Gasteiger partial charge on any atom is 0.0636 e. The summed E-state index contributed by atoms with van der Waals surface area (Å²) >= 11 is 0. The molecule has 0 aliphatic rings. The van der Waals surface area contributed by atoms with Gasteiger partial charge in [-0.1, -0.05) is 71.1 Å². The standard InChI is InChI=1S/C20H44N2O/c1-3-4-5-6-7-8-9-10-11-13-20(14-12-16-21)15-17-22-18-19(2)23/h19-20,22-23H,3-18,21H2,1-2H3. The van der Waals surface area contributed by atoms with Crippen molar-refractivity contribution in [2.75, 3.05) is 19.6 Å². The topological polar surface area (TPSA) is 58.3 Å². The lowest BCUT2D eigenvalue weighted by molar-refractivity contribution is 0.190. The first-order valence-electron chi connectivity index (χ1n) is 10.3. The quantitative estimate of drug-likeness (QED) is 0.322. The van der Waals surface area contributed by atoms with Crippen molar-refractivity contribution in [1.29, 1.82) is 0 Å². The molecule has 0 fully saturated rings. The fourth-order valence-electron chi connectivity index (χ4n) is 3.20. The van der Waals surface area contributed by atoms with Crippen molar-refractivity contribution in [1.82, 2.24) is 5.32 Å². The Kier molecular flexibility index (Phi) is 18.1. The predicted molar refractivity (Wildman–Crippen MR) is 103 cm³/mol. The lowest BCUT2D eigenvalue weighted by Crippen LogP contribution is -2.26. The Morgan fingerprint density at radius 3 is 1.96 bits per heavy atom. The van der Waals surface area contributed by atoms with E-state index in [1.54, 1.807) is 0 Å². The minimum absolute atomic E-state index is 0.241. The third kappa shape index (κ3) is 18.1. The van der Waals surface area contributed by atoms with Gasteiger partial charge in [-0.15, -0.1) is 0 Å². The van der Waals surface area contributed by atoms with Gasteiger partial charge in [0.15, 0.2) is 0 Å². The summed E-state index contributed by atoms with van der Waals surface area (Å²) in [7, 11) is 0. The molecule has 0 rings (SSSR count). The molecule has 0 saturated heterocycles. The summed E-state index contributed by atoms with van der Waals surface area (Å²) < 4.78 is 0. The molecule has 4 N–H and O–H groups in total. The number of rotatable bonds is 18. The molecule has 0 aromatic rings. The van der Waals surface area contributed by atoms with E-state index in [1.165, 1.54) is 77.0 Å². The third-order valence-corrected chi connectivity index (χ3v) is 4.70. The minimum atomic E-state index is -0.241. The van der Waals surface area contributed by atoms with E-state index in [2.05, 4.69) is 12.2 Å². The van der Waals surface area contributed by atoms with Gasteiger partial charge in [0.05, 0.1) is 6.10 Å². The van der Waals surface area contributed by atoms with E-state index in [-0.39, 0.29) is 6.10 Å². The van der Waals surface area contributed by atoms with Crippen molar-refractivity contribution in [2.24, 2.45) is 11.7 Å². The molecule has 0 radical (unpaired) electrons. The van der Waals surface area contributed by atoms with Crippen LogP contribution in [0.4, 0.5) is 0 Å². The summed E-state index contributed by atoms with van der Waals surface area (Å²) in [5.41, 5.74) is 5.67. The number of hydrogen-bond acceptors (Lipinski definition) is 3. The number of nitrogens with two attached hydrogens (primary N) is 1. The lowest BCUT2D eigenvalue weighted by Gasteiger charge is -2.17. The Hall–Kier alpha value is -0.120. The zero-order valence-corrected chi connectivity index (χ0v) is 16.0. The number of aliphatic hydroxyl groups is 1. The van der Waals surface area contributed by atoms with Crippen molar-refractivity contribution >= 4 is 0 Å². The SMILES string of the molecule is CCCCCCCCCCCC(CCCN)CCNCC(C)O. The largest absolute Gasteiger partial charge is 0.392 e. The van der Waals surface area contributed by atoms with Gasteiger partial charge >= 0.3 is 0 Å². The van der Waals surface area contributed by atoms with Crippen LogP contribution in [0, 0.1) is 5.92 Å². The fraction of sp³-hybridized carbons (Fsp3) is 1.00. The fourth-order valence-corrected chi connectivity index (χ4v) is 3.20. The van der Waals surface area contributed by atoms with Crippen LogP contribution >= 0.6 is 0 Å². The van der Waals surface area contributed by atoms with Crippen molar-refractivity contribution in [3.8, 4) is 0 Å². The summed E-state index contributed by atoms with van der Waals surface area (Å²) in [5, 5.41) is 12.6. The van der Waals surface area contributed by atoms with E-state index in [0.29, 0.717) is 6.54 Å². The van der Waals surface area contributed by atoms with Gasteiger partial charge in [-0.3, -0.25) is 0 Å². The molecule has 0 aliphatic carbocycles. The van der Waals surface area contributed by atoms with Crippen LogP contribution in [-0.2, 0) is 0 Å². The Balaban J connectivity index is 3.55. The smallest absolute Gasteiger partial charge is 0.0636 e. The second-order valence-electron chi connectivity index (χ2n) is 7.26. The van der Waals surface area contributed by atoms with Gasteiger partial charge < -0.3 is 16.2 Å². The van der Waals surface area contributed by atoms with Crippen molar-refractivity contribution in [3.05, 3.63) is 0 Å². The van der Waals surface area contributed by atoms with Crippen LogP contribution in [0.25, 0.3) is 0 Å². The van der Waals surface area contributed by atoms with Gasteiger partial charge in [0.2, 0.25) is 0 Å². The maximum absolute atomic E-state index is 9.27. The van der Waals surface area contributed by atoms with Crippen LogP contribution in [0.3, 0.4) is 0 Å². The Labute approximate surface area is 145 Å². The van der Waals surface area contributed by atoms with Gasteiger partial charge in [0.25, 0.3) is 0 Å². The molecule has 0 amide bonds. The van der Waals surface area contributed by atoms with Gasteiger partial charge in [-0.2, -0.15) is 0 Å². The zero-order valence-electron chi connectivity index (χ0n) is 16.0. The molecule has 0 aromatic carbocycles. The van der Waals surface area contributed by atoms with Gasteiger partial charge in [-0.05, 0) is 45.2 Å². The van der Waals surface area contributed by atoms with Crippen molar-refractivity contribution in [2.45, 2.75) is 103 Å². The zero-order chi connectivity index (χ0) is 17.2.